The van der Waals surface area contributed by atoms with E-state index in [-0.39, 0.29) is 0 Å². The van der Waals surface area contributed by atoms with Gasteiger partial charge in [0.15, 0.2) is 0 Å². The third-order valence-corrected chi connectivity index (χ3v) is 3.89. The minimum Gasteiger partial charge on any atom is -0.274 e. The van der Waals surface area contributed by atoms with Crippen molar-refractivity contribution in [2.24, 2.45) is 11.8 Å². The molecule has 0 aliphatic carbocycles. The number of hydrogen-bond donors (Lipinski definition) is 0. The van der Waals surface area contributed by atoms with Crippen LogP contribution < -0.4 is 0 Å². The van der Waals surface area contributed by atoms with Gasteiger partial charge >= 0.3 is 0 Å². The van der Waals surface area contributed by atoms with Crippen LogP contribution in [0.3, 0.4) is 0 Å². The van der Waals surface area contributed by atoms with E-state index in [0.717, 1.165) is 24.3 Å². The summed E-state index contributed by atoms with van der Waals surface area (Å²) in [7, 11) is 0. The summed E-state index contributed by atoms with van der Waals surface area (Å²) in [5.41, 5.74) is 0. The molecule has 0 fully saturated rings. The van der Waals surface area contributed by atoms with Crippen molar-refractivity contribution in [3.05, 3.63) is 0 Å². The molecule has 0 bridgehead atoms. The van der Waals surface area contributed by atoms with Crippen molar-refractivity contribution in [1.29, 1.82) is 0 Å². The van der Waals surface area contributed by atoms with E-state index < -0.39 is 0 Å². The number of hydrogen-bond acceptors (Lipinski definition) is 3. The van der Waals surface area contributed by atoms with Gasteiger partial charge in [0.1, 0.15) is 0 Å². The Morgan fingerprint density at radius 1 is 0.929 bits per heavy atom. The third kappa shape index (κ3) is 10.5. The lowest BCUT2D eigenvalue weighted by atomic mass is 10.2. The fourth-order valence-electron chi connectivity index (χ4n) is 0.798. The van der Waals surface area contributed by atoms with Crippen LogP contribution in [-0.4, -0.2) is 16.0 Å². The summed E-state index contributed by atoms with van der Waals surface area (Å²) in [6.07, 6.45) is 2.28. The fourth-order valence-corrected chi connectivity index (χ4v) is 3.14. The van der Waals surface area contributed by atoms with Gasteiger partial charge in [0.05, 0.1) is 0 Å². The van der Waals surface area contributed by atoms with E-state index in [2.05, 4.69) is 27.7 Å². The summed E-state index contributed by atoms with van der Waals surface area (Å²) in [4.78, 5) is 11.3. The Balaban J connectivity index is 3.28. The highest BCUT2D eigenvalue weighted by Crippen LogP contribution is 2.20. The molecule has 0 saturated carbocycles. The van der Waals surface area contributed by atoms with Crippen molar-refractivity contribution in [3.8, 4) is 0 Å². The minimum atomic E-state index is 0.298. The van der Waals surface area contributed by atoms with Crippen LogP contribution in [0.15, 0.2) is 0 Å². The molecule has 0 aromatic carbocycles. The molecule has 0 atom stereocenters. The van der Waals surface area contributed by atoms with Crippen LogP contribution >= 0.6 is 23.5 Å². The second-order valence-corrected chi connectivity index (χ2v) is 6.71. The van der Waals surface area contributed by atoms with Crippen LogP contribution in [0.2, 0.25) is 0 Å². The Hall–Kier alpha value is 0.370. The van der Waals surface area contributed by atoms with E-state index in [1.807, 2.05) is 0 Å². The molecule has 0 radical (unpaired) electrons. The van der Waals surface area contributed by atoms with E-state index in [1.54, 1.807) is 0 Å². The first kappa shape index (κ1) is 14.4. The van der Waals surface area contributed by atoms with E-state index in [0.29, 0.717) is 16.3 Å². The molecule has 0 saturated heterocycles. The maximum atomic E-state index is 11.3. The smallest absolute Gasteiger partial charge is 0.246 e. The Morgan fingerprint density at radius 2 is 1.29 bits per heavy atom. The number of thioether (sulfide) groups is 2. The van der Waals surface area contributed by atoms with Gasteiger partial charge in [-0.05, 0) is 24.7 Å². The predicted molar refractivity (Wildman–Crippen MR) is 69.2 cm³/mol. The van der Waals surface area contributed by atoms with Crippen LogP contribution in [0.5, 0.6) is 0 Å². The molecule has 0 aliphatic rings. The topological polar surface area (TPSA) is 17.1 Å². The number of carbonyl (C=O) groups excluding carboxylic acids is 1. The zero-order chi connectivity index (χ0) is 11.0. The molecular weight excluding hydrogens is 212 g/mol. The van der Waals surface area contributed by atoms with Crippen LogP contribution in [-0.2, 0) is 0 Å². The van der Waals surface area contributed by atoms with Gasteiger partial charge in [0.25, 0.3) is 0 Å². The molecule has 0 aromatic heterocycles. The van der Waals surface area contributed by atoms with E-state index in [9.17, 15) is 4.79 Å². The average Bonchev–Trinajstić information content (AvgIpc) is 2.02. The zero-order valence-corrected chi connectivity index (χ0v) is 11.3. The molecule has 0 aliphatic heterocycles. The van der Waals surface area contributed by atoms with Gasteiger partial charge < -0.3 is 0 Å². The summed E-state index contributed by atoms with van der Waals surface area (Å²) >= 11 is 2.96. The maximum Gasteiger partial charge on any atom is 0.246 e. The fraction of sp³-hybridized carbons (Fsp3) is 0.909. The minimum absolute atomic E-state index is 0.298. The van der Waals surface area contributed by atoms with Gasteiger partial charge in [0, 0.05) is 11.5 Å². The summed E-state index contributed by atoms with van der Waals surface area (Å²) < 4.78 is 0.298. The van der Waals surface area contributed by atoms with Gasteiger partial charge in [0.2, 0.25) is 4.45 Å². The molecule has 0 rings (SSSR count). The molecule has 0 heterocycles. The Kier molecular flexibility index (Phi) is 8.89. The molecule has 0 aromatic rings. The van der Waals surface area contributed by atoms with Crippen molar-refractivity contribution >= 4 is 28.0 Å². The van der Waals surface area contributed by atoms with Crippen molar-refractivity contribution < 1.29 is 4.79 Å². The summed E-state index contributed by atoms with van der Waals surface area (Å²) in [5, 5.41) is 0. The largest absolute Gasteiger partial charge is 0.274 e. The maximum absolute atomic E-state index is 11.3. The van der Waals surface area contributed by atoms with Gasteiger partial charge in [-0.25, -0.2) is 0 Å². The SMILES string of the molecule is CC(C)CCSC(=O)SCCC(C)C. The standard InChI is InChI=1S/C11H22OS2/c1-9(2)5-7-13-11(12)14-8-6-10(3)4/h9-10H,5-8H2,1-4H3. The quantitative estimate of drug-likeness (QED) is 0.665. The molecule has 0 amide bonds. The predicted octanol–water partition coefficient (Wildman–Crippen LogP) is 4.67. The van der Waals surface area contributed by atoms with Crippen LogP contribution in [0.4, 0.5) is 4.79 Å². The number of rotatable bonds is 6. The highest BCUT2D eigenvalue weighted by molar-refractivity contribution is 8.38. The molecule has 0 N–H and O–H groups in total. The van der Waals surface area contributed by atoms with Crippen molar-refractivity contribution in [2.75, 3.05) is 11.5 Å². The van der Waals surface area contributed by atoms with Crippen molar-refractivity contribution in [1.82, 2.24) is 0 Å². The van der Waals surface area contributed by atoms with E-state index in [4.69, 9.17) is 0 Å². The van der Waals surface area contributed by atoms with E-state index in [1.165, 1.54) is 23.5 Å². The van der Waals surface area contributed by atoms with E-state index >= 15 is 0 Å². The normalized spacial score (nSPS) is 11.3. The van der Waals surface area contributed by atoms with Gasteiger partial charge in [-0.2, -0.15) is 0 Å². The lowest BCUT2D eigenvalue weighted by molar-refractivity contribution is 0.276. The second kappa shape index (κ2) is 8.66. The van der Waals surface area contributed by atoms with Gasteiger partial charge in [-0.15, -0.1) is 0 Å². The zero-order valence-electron chi connectivity index (χ0n) is 9.71. The summed E-state index contributed by atoms with van der Waals surface area (Å²) in [5.74, 6) is 3.36. The Labute approximate surface area is 96.8 Å². The molecule has 0 spiro atoms. The molecule has 84 valence electrons. The Morgan fingerprint density at radius 3 is 1.57 bits per heavy atom. The molecule has 0 unspecified atom stereocenters. The lowest BCUT2D eigenvalue weighted by Gasteiger charge is -2.04. The third-order valence-electron chi connectivity index (χ3n) is 1.83. The van der Waals surface area contributed by atoms with Crippen molar-refractivity contribution in [3.63, 3.8) is 0 Å². The van der Waals surface area contributed by atoms with Gasteiger partial charge in [-0.1, -0.05) is 51.2 Å². The lowest BCUT2D eigenvalue weighted by Crippen LogP contribution is -1.94. The summed E-state index contributed by atoms with van der Waals surface area (Å²) in [6, 6.07) is 0. The molecule has 14 heavy (non-hydrogen) atoms. The first-order valence-corrected chi connectivity index (χ1v) is 7.29. The Bertz CT molecular complexity index is 139. The first-order valence-electron chi connectivity index (χ1n) is 5.32. The van der Waals surface area contributed by atoms with Crippen molar-refractivity contribution in [2.45, 2.75) is 40.5 Å². The highest BCUT2D eigenvalue weighted by Gasteiger charge is 2.04. The number of carbonyl (C=O) groups is 1. The average molecular weight is 234 g/mol. The monoisotopic (exact) mass is 234 g/mol. The first-order chi connectivity index (χ1) is 6.52. The molecule has 1 nitrogen and oxygen atoms in total. The second-order valence-electron chi connectivity index (χ2n) is 4.31. The molecule has 3 heteroatoms. The highest BCUT2D eigenvalue weighted by atomic mass is 32.2. The summed E-state index contributed by atoms with van der Waals surface area (Å²) in [6.45, 7) is 8.77. The van der Waals surface area contributed by atoms with Crippen LogP contribution in [0, 0.1) is 11.8 Å². The van der Waals surface area contributed by atoms with Crippen LogP contribution in [0.25, 0.3) is 0 Å². The molecular formula is C11H22OS2. The van der Waals surface area contributed by atoms with Crippen LogP contribution in [0.1, 0.15) is 40.5 Å². The van der Waals surface area contributed by atoms with Gasteiger partial charge in [-0.3, -0.25) is 4.79 Å².